The van der Waals surface area contributed by atoms with Crippen LogP contribution >= 0.6 is 23.2 Å². The lowest BCUT2D eigenvalue weighted by Gasteiger charge is -2.05. The number of hydrogen-bond acceptors (Lipinski definition) is 1. The highest BCUT2D eigenvalue weighted by molar-refractivity contribution is 6.67. The maximum absolute atomic E-state index is 5.41. The minimum atomic E-state index is -0.227. The van der Waals surface area contributed by atoms with E-state index >= 15 is 0 Å². The molecule has 0 aromatic heterocycles. The van der Waals surface area contributed by atoms with Gasteiger partial charge in [0.2, 0.25) is 0 Å². The van der Waals surface area contributed by atoms with E-state index < -0.39 is 0 Å². The molecule has 0 atom stereocenters. The predicted molar refractivity (Wildman–Crippen MR) is 34.9 cm³/mol. The zero-order valence-electron chi connectivity index (χ0n) is 4.28. The smallest absolute Gasteiger partial charge is 0.182 e. The molecular formula is C3H7Cl2NSi. The fourth-order valence-electron chi connectivity index (χ4n) is 0.195. The standard InChI is InChI=1S/C3H7Cl2NSi/c1-6(2)7-3(4)5/h3H,1-2H3. The van der Waals surface area contributed by atoms with Gasteiger partial charge < -0.3 is 4.57 Å². The van der Waals surface area contributed by atoms with Crippen LogP contribution in [0, 0.1) is 0 Å². The molecule has 42 valence electrons. The lowest BCUT2D eigenvalue weighted by Crippen LogP contribution is -2.22. The van der Waals surface area contributed by atoms with Crippen molar-refractivity contribution in [1.82, 2.24) is 4.57 Å². The van der Waals surface area contributed by atoms with Crippen LogP contribution < -0.4 is 0 Å². The number of halogens is 2. The Morgan fingerprint density at radius 3 is 1.86 bits per heavy atom. The van der Waals surface area contributed by atoms with E-state index in [1.165, 1.54) is 0 Å². The summed E-state index contributed by atoms with van der Waals surface area (Å²) < 4.78 is 1.74. The summed E-state index contributed by atoms with van der Waals surface area (Å²) in [6.45, 7) is 0. The Bertz CT molecular complexity index is 42.2. The maximum atomic E-state index is 5.41. The summed E-state index contributed by atoms with van der Waals surface area (Å²) in [5, 5.41) is 0. The third-order valence-corrected chi connectivity index (χ3v) is 1.65. The van der Waals surface area contributed by atoms with Crippen LogP contribution in [0.3, 0.4) is 0 Å². The molecule has 7 heavy (non-hydrogen) atoms. The molecule has 0 aliphatic heterocycles. The van der Waals surface area contributed by atoms with E-state index in [9.17, 15) is 0 Å². The Morgan fingerprint density at radius 1 is 1.43 bits per heavy atom. The topological polar surface area (TPSA) is 3.24 Å². The van der Waals surface area contributed by atoms with Gasteiger partial charge in [-0.3, -0.25) is 0 Å². The van der Waals surface area contributed by atoms with Crippen molar-refractivity contribution < 1.29 is 0 Å². The van der Waals surface area contributed by atoms with Gasteiger partial charge >= 0.3 is 0 Å². The molecule has 0 aromatic rings. The molecule has 1 nitrogen and oxygen atoms in total. The molecular weight excluding hydrogens is 149 g/mol. The highest BCUT2D eigenvalue weighted by Crippen LogP contribution is 1.97. The second-order valence-electron chi connectivity index (χ2n) is 1.32. The van der Waals surface area contributed by atoms with Crippen molar-refractivity contribution in [3.05, 3.63) is 0 Å². The van der Waals surface area contributed by atoms with Gasteiger partial charge in [-0.25, -0.2) is 0 Å². The van der Waals surface area contributed by atoms with Gasteiger partial charge in [0.05, 0.1) is 0 Å². The van der Waals surface area contributed by atoms with Crippen LogP contribution in [0.25, 0.3) is 0 Å². The summed E-state index contributed by atoms with van der Waals surface area (Å²) in [7, 11) is 4.39. The van der Waals surface area contributed by atoms with Gasteiger partial charge in [-0.2, -0.15) is 0 Å². The molecule has 0 spiro atoms. The van der Waals surface area contributed by atoms with Crippen molar-refractivity contribution in [1.29, 1.82) is 0 Å². The molecule has 0 aliphatic rings. The van der Waals surface area contributed by atoms with Gasteiger partial charge in [0.1, 0.15) is 4.46 Å². The first kappa shape index (κ1) is 7.76. The molecule has 0 aliphatic carbocycles. The SMILES string of the molecule is CN(C)[Si]C(Cl)Cl. The molecule has 0 saturated carbocycles. The molecule has 0 aromatic carbocycles. The lowest BCUT2D eigenvalue weighted by atomic mass is 11.3. The van der Waals surface area contributed by atoms with Gasteiger partial charge in [0.25, 0.3) is 0 Å². The molecule has 0 fully saturated rings. The number of nitrogens with zero attached hydrogens (tertiary/aromatic N) is 1. The highest BCUT2D eigenvalue weighted by atomic mass is 35.5. The van der Waals surface area contributed by atoms with E-state index in [0.717, 1.165) is 0 Å². The molecule has 0 N–H and O–H groups in total. The minimum absolute atomic E-state index is 0.227. The van der Waals surface area contributed by atoms with Gasteiger partial charge in [0, 0.05) is 0 Å². The number of hydrogen-bond donors (Lipinski definition) is 0. The quantitative estimate of drug-likeness (QED) is 0.424. The fourth-order valence-corrected chi connectivity index (χ4v) is 1.76. The summed E-state index contributed by atoms with van der Waals surface area (Å²) in [6.07, 6.45) is 0. The molecule has 0 amide bonds. The van der Waals surface area contributed by atoms with Crippen molar-refractivity contribution >= 4 is 32.9 Å². The molecule has 2 radical (unpaired) electrons. The van der Waals surface area contributed by atoms with Gasteiger partial charge in [-0.15, -0.1) is 23.2 Å². The molecule has 0 saturated heterocycles. The number of alkyl halides is 2. The van der Waals surface area contributed by atoms with Crippen molar-refractivity contribution in [2.24, 2.45) is 0 Å². The molecule has 0 bridgehead atoms. The summed E-state index contributed by atoms with van der Waals surface area (Å²) in [4.78, 5) is 0. The number of rotatable bonds is 2. The van der Waals surface area contributed by atoms with Crippen molar-refractivity contribution in [2.75, 3.05) is 14.1 Å². The minimum Gasteiger partial charge on any atom is -0.329 e. The van der Waals surface area contributed by atoms with Crippen LogP contribution in [0.15, 0.2) is 0 Å². The monoisotopic (exact) mass is 155 g/mol. The van der Waals surface area contributed by atoms with Gasteiger partial charge in [0.15, 0.2) is 9.68 Å². The normalized spacial score (nSPS) is 11.1. The van der Waals surface area contributed by atoms with Crippen LogP contribution in [-0.4, -0.2) is 32.8 Å². The van der Waals surface area contributed by atoms with E-state index in [0.29, 0.717) is 9.68 Å². The van der Waals surface area contributed by atoms with Gasteiger partial charge in [-0.05, 0) is 14.1 Å². The first-order valence-electron chi connectivity index (χ1n) is 1.84. The lowest BCUT2D eigenvalue weighted by molar-refractivity contribution is 0.661. The second-order valence-corrected chi connectivity index (χ2v) is 4.88. The van der Waals surface area contributed by atoms with E-state index in [1.54, 1.807) is 0 Å². The van der Waals surface area contributed by atoms with Crippen LogP contribution in [-0.2, 0) is 0 Å². The first-order chi connectivity index (χ1) is 3.13. The Hall–Kier alpha value is 0.757. The van der Waals surface area contributed by atoms with E-state index in [2.05, 4.69) is 0 Å². The van der Waals surface area contributed by atoms with E-state index in [4.69, 9.17) is 23.2 Å². The second kappa shape index (κ2) is 3.72. The van der Waals surface area contributed by atoms with E-state index in [-0.39, 0.29) is 4.46 Å². The van der Waals surface area contributed by atoms with Gasteiger partial charge in [-0.1, -0.05) is 0 Å². The zero-order chi connectivity index (χ0) is 5.86. The average Bonchev–Trinajstić information content (AvgIpc) is 1.27. The Kier molecular flexibility index (Phi) is 4.12. The molecule has 0 unspecified atom stereocenters. The zero-order valence-corrected chi connectivity index (χ0v) is 6.79. The molecule has 0 heterocycles. The van der Waals surface area contributed by atoms with Crippen molar-refractivity contribution in [3.8, 4) is 0 Å². The van der Waals surface area contributed by atoms with Crippen LogP contribution in [0.5, 0.6) is 0 Å². The molecule has 4 heteroatoms. The summed E-state index contributed by atoms with van der Waals surface area (Å²) >= 11 is 10.8. The third-order valence-electron chi connectivity index (χ3n) is 0.356. The Morgan fingerprint density at radius 2 is 1.86 bits per heavy atom. The first-order valence-corrected chi connectivity index (χ1v) is 3.74. The predicted octanol–water partition coefficient (Wildman–Crippen LogP) is 0.928. The Balaban J connectivity index is 2.95. The summed E-state index contributed by atoms with van der Waals surface area (Å²) in [5.41, 5.74) is 0. The van der Waals surface area contributed by atoms with Crippen molar-refractivity contribution in [2.45, 2.75) is 4.46 Å². The third kappa shape index (κ3) is 6.76. The maximum Gasteiger partial charge on any atom is 0.182 e. The van der Waals surface area contributed by atoms with Crippen LogP contribution in [0.2, 0.25) is 0 Å². The van der Waals surface area contributed by atoms with Crippen molar-refractivity contribution in [3.63, 3.8) is 0 Å². The highest BCUT2D eigenvalue weighted by Gasteiger charge is 2.00. The van der Waals surface area contributed by atoms with Crippen LogP contribution in [0.4, 0.5) is 0 Å². The fraction of sp³-hybridized carbons (Fsp3) is 1.00. The van der Waals surface area contributed by atoms with Crippen LogP contribution in [0.1, 0.15) is 0 Å². The summed E-state index contributed by atoms with van der Waals surface area (Å²) in [5.74, 6) is 0. The summed E-state index contributed by atoms with van der Waals surface area (Å²) in [6, 6.07) is 0. The Labute approximate surface area is 56.5 Å². The van der Waals surface area contributed by atoms with E-state index in [1.807, 2.05) is 18.7 Å². The largest absolute Gasteiger partial charge is 0.329 e. The average molecular weight is 156 g/mol. The molecule has 0 rings (SSSR count).